The number of nitrogens with zero attached hydrogens (tertiary/aromatic N) is 3. The summed E-state index contributed by atoms with van der Waals surface area (Å²) < 4.78 is 0. The second-order valence-electron chi connectivity index (χ2n) is 4.35. The van der Waals surface area contributed by atoms with Crippen molar-refractivity contribution in [1.29, 1.82) is 0 Å². The number of anilines is 1. The summed E-state index contributed by atoms with van der Waals surface area (Å²) >= 11 is 5.84. The number of hydrogen-bond donors (Lipinski definition) is 2. The molecule has 1 aromatic heterocycles. The number of hydrogen-bond acceptors (Lipinski definition) is 5. The lowest BCUT2D eigenvalue weighted by Crippen LogP contribution is -2.26. The van der Waals surface area contributed by atoms with E-state index in [9.17, 15) is 14.9 Å². The molecular weight excluding hydrogens is 298 g/mol. The number of carbonyl (C=O) groups excluding carboxylic acids is 1. The van der Waals surface area contributed by atoms with Crippen LogP contribution in [0.1, 0.15) is 16.2 Å². The number of amides is 1. The Morgan fingerprint density at radius 1 is 1.57 bits per heavy atom. The molecule has 0 bridgehead atoms. The van der Waals surface area contributed by atoms with Crippen LogP contribution in [-0.4, -0.2) is 32.7 Å². The molecule has 0 aliphatic heterocycles. The van der Waals surface area contributed by atoms with Gasteiger partial charge in [0.25, 0.3) is 11.6 Å². The van der Waals surface area contributed by atoms with Crippen molar-refractivity contribution in [2.24, 2.45) is 0 Å². The lowest BCUT2D eigenvalue weighted by Gasteiger charge is -2.16. The third-order valence-corrected chi connectivity index (χ3v) is 3.15. The first-order chi connectivity index (χ1) is 9.90. The molecule has 0 unspecified atom stereocenters. The number of nitrogens with one attached hydrogen (secondary N) is 1. The number of benzene rings is 1. The molecular formula is C12H12ClN5O3. The molecule has 0 fully saturated rings. The van der Waals surface area contributed by atoms with Gasteiger partial charge in [-0.2, -0.15) is 0 Å². The minimum atomic E-state index is -0.676. The summed E-state index contributed by atoms with van der Waals surface area (Å²) in [5.74, 6) is 0.179. The van der Waals surface area contributed by atoms with E-state index in [4.69, 9.17) is 17.3 Å². The molecule has 1 amide bonds. The normalized spacial score (nSPS) is 10.4. The quantitative estimate of drug-likeness (QED) is 0.507. The molecule has 0 saturated carbocycles. The molecule has 2 aromatic rings. The molecule has 3 N–H and O–H groups in total. The average molecular weight is 310 g/mol. The van der Waals surface area contributed by atoms with Crippen molar-refractivity contribution in [3.05, 3.63) is 51.1 Å². The maximum absolute atomic E-state index is 12.3. The fourth-order valence-electron chi connectivity index (χ4n) is 1.78. The Morgan fingerprint density at radius 2 is 2.29 bits per heavy atom. The van der Waals surface area contributed by atoms with Gasteiger partial charge in [0, 0.05) is 31.1 Å². The molecule has 0 saturated heterocycles. The summed E-state index contributed by atoms with van der Waals surface area (Å²) in [6, 6.07) is 2.42. The van der Waals surface area contributed by atoms with E-state index in [1.54, 1.807) is 19.4 Å². The Bertz CT molecular complexity index is 686. The van der Waals surface area contributed by atoms with Crippen molar-refractivity contribution in [3.8, 4) is 0 Å². The molecule has 1 heterocycles. The molecule has 110 valence electrons. The first kappa shape index (κ1) is 14.8. The van der Waals surface area contributed by atoms with Crippen LogP contribution in [0.3, 0.4) is 0 Å². The third-order valence-electron chi connectivity index (χ3n) is 2.84. The zero-order chi connectivity index (χ0) is 15.6. The zero-order valence-electron chi connectivity index (χ0n) is 11.0. The predicted octanol–water partition coefficient (Wildman–Crippen LogP) is 1.83. The largest absolute Gasteiger partial charge is 0.392 e. The number of rotatable bonds is 4. The summed E-state index contributed by atoms with van der Waals surface area (Å²) in [7, 11) is 1.56. The van der Waals surface area contributed by atoms with E-state index >= 15 is 0 Å². The number of H-pyrrole nitrogens is 1. The molecule has 1 aromatic carbocycles. The SMILES string of the molecule is CN(Cc1ncc[nH]1)C(=O)c1cc(Cl)c(N)c([N+](=O)[O-])c1. The Kier molecular flexibility index (Phi) is 4.08. The van der Waals surface area contributed by atoms with Gasteiger partial charge >= 0.3 is 0 Å². The molecule has 0 aliphatic rings. The van der Waals surface area contributed by atoms with Gasteiger partial charge in [-0.15, -0.1) is 0 Å². The molecule has 0 aliphatic carbocycles. The van der Waals surface area contributed by atoms with Crippen LogP contribution < -0.4 is 5.73 Å². The lowest BCUT2D eigenvalue weighted by atomic mass is 10.1. The van der Waals surface area contributed by atoms with Crippen molar-refractivity contribution < 1.29 is 9.72 Å². The number of aromatic nitrogens is 2. The maximum Gasteiger partial charge on any atom is 0.294 e. The fraction of sp³-hybridized carbons (Fsp3) is 0.167. The first-order valence-electron chi connectivity index (χ1n) is 5.87. The summed E-state index contributed by atoms with van der Waals surface area (Å²) in [5, 5.41) is 10.9. The topological polar surface area (TPSA) is 118 Å². The average Bonchev–Trinajstić information content (AvgIpc) is 2.93. The minimum Gasteiger partial charge on any atom is -0.392 e. The number of aromatic amines is 1. The number of nitro benzene ring substituents is 1. The Hall–Kier alpha value is -2.61. The highest BCUT2D eigenvalue weighted by atomic mass is 35.5. The van der Waals surface area contributed by atoms with Crippen LogP contribution in [-0.2, 0) is 6.54 Å². The zero-order valence-corrected chi connectivity index (χ0v) is 11.8. The molecule has 0 spiro atoms. The molecule has 0 radical (unpaired) electrons. The van der Waals surface area contributed by atoms with Gasteiger partial charge in [-0.05, 0) is 6.07 Å². The molecule has 9 heteroatoms. The van der Waals surface area contributed by atoms with E-state index in [1.165, 1.54) is 11.0 Å². The van der Waals surface area contributed by atoms with Gasteiger partial charge in [-0.3, -0.25) is 14.9 Å². The van der Waals surface area contributed by atoms with Gasteiger partial charge < -0.3 is 15.6 Å². The minimum absolute atomic E-state index is 0.0288. The van der Waals surface area contributed by atoms with E-state index in [1.807, 2.05) is 0 Å². The molecule has 2 rings (SSSR count). The number of nitro groups is 1. The Morgan fingerprint density at radius 3 is 2.86 bits per heavy atom. The van der Waals surface area contributed by atoms with Gasteiger partial charge in [0.15, 0.2) is 0 Å². The van der Waals surface area contributed by atoms with Crippen LogP contribution in [0.4, 0.5) is 11.4 Å². The highest BCUT2D eigenvalue weighted by Gasteiger charge is 2.21. The summed E-state index contributed by atoms with van der Waals surface area (Å²) in [5.41, 5.74) is 5.07. The molecule has 0 atom stereocenters. The highest BCUT2D eigenvalue weighted by molar-refractivity contribution is 6.34. The smallest absolute Gasteiger partial charge is 0.294 e. The second-order valence-corrected chi connectivity index (χ2v) is 4.75. The molecule has 21 heavy (non-hydrogen) atoms. The van der Waals surface area contributed by atoms with E-state index in [0.29, 0.717) is 5.82 Å². The van der Waals surface area contributed by atoms with E-state index in [-0.39, 0.29) is 22.8 Å². The van der Waals surface area contributed by atoms with Crippen LogP contribution in [0.25, 0.3) is 0 Å². The van der Waals surface area contributed by atoms with E-state index < -0.39 is 16.5 Å². The summed E-state index contributed by atoms with van der Waals surface area (Å²) in [6.07, 6.45) is 3.21. The summed E-state index contributed by atoms with van der Waals surface area (Å²) in [4.78, 5) is 30.7. The maximum atomic E-state index is 12.3. The van der Waals surface area contributed by atoms with Crippen molar-refractivity contribution >= 4 is 28.9 Å². The second kappa shape index (κ2) is 5.80. The van der Waals surface area contributed by atoms with Crippen LogP contribution in [0.2, 0.25) is 5.02 Å². The number of nitrogen functional groups attached to an aromatic ring is 1. The van der Waals surface area contributed by atoms with E-state index in [0.717, 1.165) is 6.07 Å². The number of halogens is 1. The van der Waals surface area contributed by atoms with Gasteiger partial charge in [0.05, 0.1) is 16.5 Å². The van der Waals surface area contributed by atoms with Crippen molar-refractivity contribution in [1.82, 2.24) is 14.9 Å². The third kappa shape index (κ3) is 3.11. The summed E-state index contributed by atoms with van der Waals surface area (Å²) in [6.45, 7) is 0.238. The Labute approximate surface area is 124 Å². The highest BCUT2D eigenvalue weighted by Crippen LogP contribution is 2.31. The van der Waals surface area contributed by atoms with Gasteiger partial charge in [-0.1, -0.05) is 11.6 Å². The molecule has 8 nitrogen and oxygen atoms in total. The number of carbonyl (C=O) groups is 1. The number of imidazole rings is 1. The first-order valence-corrected chi connectivity index (χ1v) is 6.25. The standard InChI is InChI=1S/C12H12ClN5O3/c1-17(6-10-15-2-3-16-10)12(19)7-4-8(13)11(14)9(5-7)18(20)21/h2-5H,6,14H2,1H3,(H,15,16). The van der Waals surface area contributed by atoms with Crippen molar-refractivity contribution in [2.75, 3.05) is 12.8 Å². The van der Waals surface area contributed by atoms with Crippen molar-refractivity contribution in [3.63, 3.8) is 0 Å². The number of nitrogens with two attached hydrogens (primary N) is 1. The predicted molar refractivity (Wildman–Crippen MR) is 76.9 cm³/mol. The van der Waals surface area contributed by atoms with Gasteiger partial charge in [0.2, 0.25) is 0 Å². The van der Waals surface area contributed by atoms with Crippen LogP contribution in [0.15, 0.2) is 24.5 Å². The lowest BCUT2D eigenvalue weighted by molar-refractivity contribution is -0.383. The van der Waals surface area contributed by atoms with E-state index in [2.05, 4.69) is 9.97 Å². The van der Waals surface area contributed by atoms with Gasteiger partial charge in [-0.25, -0.2) is 4.98 Å². The fourth-order valence-corrected chi connectivity index (χ4v) is 1.99. The van der Waals surface area contributed by atoms with Crippen LogP contribution >= 0.6 is 11.6 Å². The van der Waals surface area contributed by atoms with Gasteiger partial charge in [0.1, 0.15) is 11.5 Å². The Balaban J connectivity index is 2.28. The monoisotopic (exact) mass is 309 g/mol. The van der Waals surface area contributed by atoms with Crippen LogP contribution in [0, 0.1) is 10.1 Å². The van der Waals surface area contributed by atoms with Crippen LogP contribution in [0.5, 0.6) is 0 Å². The van der Waals surface area contributed by atoms with Crippen molar-refractivity contribution in [2.45, 2.75) is 6.54 Å².